The number of aromatic nitrogens is 5. The zero-order chi connectivity index (χ0) is 15.1. The molecule has 0 radical (unpaired) electrons. The quantitative estimate of drug-likeness (QED) is 0.614. The summed E-state index contributed by atoms with van der Waals surface area (Å²) in [6, 6.07) is 7.22. The Kier molecular flexibility index (Phi) is 2.75. The van der Waals surface area contributed by atoms with Gasteiger partial charge in [-0.15, -0.1) is 0 Å². The van der Waals surface area contributed by atoms with E-state index in [1.54, 1.807) is 12.4 Å². The topological polar surface area (TPSA) is 75.9 Å². The Balaban J connectivity index is 2.06. The Morgan fingerprint density at radius 3 is 2.95 bits per heavy atom. The lowest BCUT2D eigenvalue weighted by Crippen LogP contribution is -2.14. The van der Waals surface area contributed by atoms with Gasteiger partial charge in [0.2, 0.25) is 0 Å². The summed E-state index contributed by atoms with van der Waals surface area (Å²) in [6.45, 7) is 2.03. The van der Waals surface area contributed by atoms with Gasteiger partial charge in [0.05, 0.1) is 16.7 Å². The van der Waals surface area contributed by atoms with Crippen molar-refractivity contribution >= 4 is 16.7 Å². The highest BCUT2D eigenvalue weighted by atomic mass is 16.1. The normalized spacial score (nSPS) is 11.3. The van der Waals surface area contributed by atoms with Gasteiger partial charge in [0.25, 0.3) is 5.56 Å². The number of hydrogen-bond donors (Lipinski definition) is 1. The average molecular weight is 291 g/mol. The third kappa shape index (κ3) is 1.81. The van der Waals surface area contributed by atoms with Crippen LogP contribution in [-0.2, 0) is 6.42 Å². The van der Waals surface area contributed by atoms with Crippen molar-refractivity contribution < 1.29 is 0 Å². The summed E-state index contributed by atoms with van der Waals surface area (Å²) in [6.07, 6.45) is 5.92. The van der Waals surface area contributed by atoms with E-state index in [0.717, 1.165) is 28.6 Å². The summed E-state index contributed by atoms with van der Waals surface area (Å²) in [5.41, 5.74) is 4.48. The zero-order valence-electron chi connectivity index (χ0n) is 11.9. The zero-order valence-corrected chi connectivity index (χ0v) is 11.9. The predicted molar refractivity (Wildman–Crippen MR) is 83.7 cm³/mol. The number of rotatable bonds is 2. The van der Waals surface area contributed by atoms with E-state index in [2.05, 4.69) is 20.1 Å². The van der Waals surface area contributed by atoms with Gasteiger partial charge in [0.1, 0.15) is 0 Å². The molecular formula is C16H13N5O. The molecule has 6 nitrogen and oxygen atoms in total. The molecule has 0 bridgehead atoms. The van der Waals surface area contributed by atoms with Crippen molar-refractivity contribution in [2.75, 3.05) is 0 Å². The van der Waals surface area contributed by atoms with Crippen LogP contribution in [0.15, 0.2) is 47.7 Å². The third-order valence-corrected chi connectivity index (χ3v) is 3.73. The Hall–Kier alpha value is -3.02. The van der Waals surface area contributed by atoms with Crippen molar-refractivity contribution in [3.8, 4) is 11.3 Å². The van der Waals surface area contributed by atoms with Gasteiger partial charge in [-0.2, -0.15) is 0 Å². The lowest BCUT2D eigenvalue weighted by atomic mass is 10.1. The first-order valence-electron chi connectivity index (χ1n) is 7.08. The third-order valence-electron chi connectivity index (χ3n) is 3.73. The summed E-state index contributed by atoms with van der Waals surface area (Å²) in [4.78, 5) is 25.6. The molecule has 0 spiro atoms. The SMILES string of the molecule is CCc1c[nH]n2c(=O)cc(-c3cccc4nccnc34)nc12. The fraction of sp³-hybridized carbons (Fsp3) is 0.125. The van der Waals surface area contributed by atoms with Crippen LogP contribution in [0.25, 0.3) is 27.9 Å². The summed E-state index contributed by atoms with van der Waals surface area (Å²) < 4.78 is 1.46. The van der Waals surface area contributed by atoms with Crippen LogP contribution in [0.4, 0.5) is 0 Å². The number of nitrogens with one attached hydrogen (secondary N) is 1. The van der Waals surface area contributed by atoms with E-state index < -0.39 is 0 Å². The number of aromatic amines is 1. The van der Waals surface area contributed by atoms with Crippen molar-refractivity contribution in [1.82, 2.24) is 24.6 Å². The first kappa shape index (κ1) is 12.7. The Bertz CT molecular complexity index is 1040. The predicted octanol–water partition coefficient (Wildman–Crippen LogP) is 2.20. The molecule has 3 aromatic heterocycles. The van der Waals surface area contributed by atoms with Crippen LogP contribution in [0.2, 0.25) is 0 Å². The molecule has 1 N–H and O–H groups in total. The largest absolute Gasteiger partial charge is 0.297 e. The lowest BCUT2D eigenvalue weighted by Gasteiger charge is -2.05. The van der Waals surface area contributed by atoms with E-state index >= 15 is 0 Å². The number of benzene rings is 1. The number of hydrogen-bond acceptors (Lipinski definition) is 4. The summed E-state index contributed by atoms with van der Waals surface area (Å²) in [7, 11) is 0. The molecule has 0 amide bonds. The molecule has 6 heteroatoms. The summed E-state index contributed by atoms with van der Waals surface area (Å²) in [5.74, 6) is 0. The molecule has 0 atom stereocenters. The molecular weight excluding hydrogens is 278 g/mol. The minimum atomic E-state index is -0.138. The fourth-order valence-corrected chi connectivity index (χ4v) is 2.63. The van der Waals surface area contributed by atoms with Crippen molar-refractivity contribution in [2.24, 2.45) is 0 Å². The van der Waals surface area contributed by atoms with E-state index in [1.807, 2.05) is 31.3 Å². The lowest BCUT2D eigenvalue weighted by molar-refractivity contribution is 0.901. The maximum atomic E-state index is 12.3. The number of fused-ring (bicyclic) bond motifs is 2. The molecule has 1 aromatic carbocycles. The molecule has 4 rings (SSSR count). The molecule has 0 unspecified atom stereocenters. The standard InChI is InChI=1S/C16H13N5O/c1-2-10-9-19-21-14(22)8-13(20-16(10)21)11-4-3-5-12-15(11)18-7-6-17-12/h3-9,19H,2H2,1H3. The molecule has 0 fully saturated rings. The second-order valence-corrected chi connectivity index (χ2v) is 5.02. The van der Waals surface area contributed by atoms with Crippen molar-refractivity contribution in [3.63, 3.8) is 0 Å². The van der Waals surface area contributed by atoms with Crippen LogP contribution in [-0.4, -0.2) is 24.6 Å². The molecule has 4 aromatic rings. The number of para-hydroxylation sites is 1. The van der Waals surface area contributed by atoms with Crippen LogP contribution in [0.1, 0.15) is 12.5 Å². The van der Waals surface area contributed by atoms with E-state index in [-0.39, 0.29) is 5.56 Å². The van der Waals surface area contributed by atoms with Gasteiger partial charge in [-0.25, -0.2) is 9.50 Å². The van der Waals surface area contributed by atoms with Crippen LogP contribution < -0.4 is 5.56 Å². The smallest absolute Gasteiger partial charge is 0.273 e. The van der Waals surface area contributed by atoms with Gasteiger partial charge >= 0.3 is 0 Å². The molecule has 0 aliphatic heterocycles. The van der Waals surface area contributed by atoms with E-state index in [0.29, 0.717) is 11.3 Å². The number of nitrogens with zero attached hydrogens (tertiary/aromatic N) is 4. The van der Waals surface area contributed by atoms with E-state index in [4.69, 9.17) is 0 Å². The maximum Gasteiger partial charge on any atom is 0.273 e. The van der Waals surface area contributed by atoms with Gasteiger partial charge in [-0.05, 0) is 12.5 Å². The van der Waals surface area contributed by atoms with E-state index in [9.17, 15) is 4.79 Å². The number of H-pyrrole nitrogens is 1. The maximum absolute atomic E-state index is 12.3. The molecule has 0 aliphatic rings. The molecule has 3 heterocycles. The monoisotopic (exact) mass is 291 g/mol. The molecule has 108 valence electrons. The van der Waals surface area contributed by atoms with E-state index in [1.165, 1.54) is 10.6 Å². The van der Waals surface area contributed by atoms with Gasteiger partial charge < -0.3 is 0 Å². The number of aryl methyl sites for hydroxylation is 1. The van der Waals surface area contributed by atoms with Gasteiger partial charge in [0.15, 0.2) is 5.65 Å². The minimum Gasteiger partial charge on any atom is -0.297 e. The molecule has 22 heavy (non-hydrogen) atoms. The van der Waals surface area contributed by atoms with Crippen molar-refractivity contribution in [3.05, 3.63) is 58.8 Å². The Morgan fingerprint density at radius 2 is 2.09 bits per heavy atom. The second kappa shape index (κ2) is 4.77. The fourth-order valence-electron chi connectivity index (χ4n) is 2.63. The minimum absolute atomic E-state index is 0.138. The highest BCUT2D eigenvalue weighted by Crippen LogP contribution is 2.24. The molecule has 0 saturated carbocycles. The summed E-state index contributed by atoms with van der Waals surface area (Å²) in [5, 5.41) is 2.94. The second-order valence-electron chi connectivity index (χ2n) is 5.02. The van der Waals surface area contributed by atoms with Crippen LogP contribution in [0.3, 0.4) is 0 Å². The molecule has 0 aliphatic carbocycles. The van der Waals surface area contributed by atoms with Crippen LogP contribution in [0.5, 0.6) is 0 Å². The highest BCUT2D eigenvalue weighted by molar-refractivity contribution is 5.90. The van der Waals surface area contributed by atoms with Gasteiger partial charge in [-0.3, -0.25) is 19.9 Å². The first-order chi connectivity index (χ1) is 10.8. The first-order valence-corrected chi connectivity index (χ1v) is 7.08. The Labute approximate surface area is 125 Å². The van der Waals surface area contributed by atoms with Gasteiger partial charge in [0, 0.05) is 35.8 Å². The Morgan fingerprint density at radius 1 is 1.23 bits per heavy atom. The van der Waals surface area contributed by atoms with Crippen molar-refractivity contribution in [1.29, 1.82) is 0 Å². The average Bonchev–Trinajstić information content (AvgIpc) is 2.98. The molecule has 0 saturated heterocycles. The summed E-state index contributed by atoms with van der Waals surface area (Å²) >= 11 is 0. The highest BCUT2D eigenvalue weighted by Gasteiger charge is 2.12. The van der Waals surface area contributed by atoms with Crippen LogP contribution in [0, 0.1) is 0 Å². The van der Waals surface area contributed by atoms with Crippen molar-refractivity contribution in [2.45, 2.75) is 13.3 Å². The van der Waals surface area contributed by atoms with Gasteiger partial charge in [-0.1, -0.05) is 19.1 Å². The van der Waals surface area contributed by atoms with Crippen LogP contribution >= 0.6 is 0 Å².